The Morgan fingerprint density at radius 3 is 2.03 bits per heavy atom. The molecule has 0 spiro atoms. The quantitative estimate of drug-likeness (QED) is 0.249. The lowest BCUT2D eigenvalue weighted by Gasteiger charge is -2.14. The average molecular weight is 500 g/mol. The first kappa shape index (κ1) is 25.5. The summed E-state index contributed by atoms with van der Waals surface area (Å²) in [5, 5.41) is 0. The molecule has 1 aliphatic rings. The van der Waals surface area contributed by atoms with Gasteiger partial charge in [0, 0.05) is 5.56 Å². The zero-order chi connectivity index (χ0) is 26.7. The smallest absolute Gasteiger partial charge is 0.338 e. The van der Waals surface area contributed by atoms with Crippen molar-refractivity contribution in [2.24, 2.45) is 0 Å². The maximum atomic E-state index is 13.1. The molecule has 0 saturated heterocycles. The Morgan fingerprint density at radius 2 is 1.38 bits per heavy atom. The number of imide groups is 1. The summed E-state index contributed by atoms with van der Waals surface area (Å²) in [6, 6.07) is 16.9. The monoisotopic (exact) mass is 499 g/mol. The number of anilines is 1. The third-order valence-electron chi connectivity index (χ3n) is 5.91. The molecule has 0 radical (unpaired) electrons. The average Bonchev–Trinajstić information content (AvgIpc) is 3.16. The van der Waals surface area contributed by atoms with Crippen LogP contribution in [0.25, 0.3) is 0 Å². The fourth-order valence-electron chi connectivity index (χ4n) is 3.86. The lowest BCUT2D eigenvalue weighted by molar-refractivity contribution is 0.0318. The molecule has 8 nitrogen and oxygen atoms in total. The Bertz CT molecular complexity index is 1390. The number of Topliss-reactive ketones (excluding diaryl/α,β-unsaturated/α-hetero) is 1. The first-order chi connectivity index (χ1) is 17.7. The number of esters is 2. The van der Waals surface area contributed by atoms with Gasteiger partial charge in [-0.3, -0.25) is 14.4 Å². The van der Waals surface area contributed by atoms with E-state index in [1.54, 1.807) is 24.3 Å². The zero-order valence-electron chi connectivity index (χ0n) is 20.6. The third kappa shape index (κ3) is 5.18. The fourth-order valence-corrected chi connectivity index (χ4v) is 3.86. The first-order valence-electron chi connectivity index (χ1n) is 11.8. The van der Waals surface area contributed by atoms with Crippen molar-refractivity contribution in [3.8, 4) is 0 Å². The molecule has 188 valence electrons. The number of rotatable bonds is 8. The van der Waals surface area contributed by atoms with Gasteiger partial charge >= 0.3 is 11.9 Å². The van der Waals surface area contributed by atoms with Gasteiger partial charge in [0.05, 0.1) is 34.5 Å². The van der Waals surface area contributed by atoms with Crippen molar-refractivity contribution < 1.29 is 33.4 Å². The number of amides is 2. The van der Waals surface area contributed by atoms with Gasteiger partial charge in [-0.2, -0.15) is 0 Å². The Morgan fingerprint density at radius 1 is 0.784 bits per heavy atom. The number of carbonyl (C=O) groups excluding carboxylic acids is 5. The minimum atomic E-state index is -1.04. The standard InChI is InChI=1S/C29H25NO7/c1-4-15-36-28(34)20-9-12-22(13-10-20)30-26(32)23-14-11-21(16-24(23)27(30)33)29(35)37-18(3)25(31)19-7-5-17(2)6-8-19/h5-14,16,18H,4,15H2,1-3H3. The van der Waals surface area contributed by atoms with E-state index < -0.39 is 29.9 Å². The van der Waals surface area contributed by atoms with E-state index in [2.05, 4.69) is 0 Å². The number of ether oxygens (including phenoxy) is 2. The molecule has 0 saturated carbocycles. The number of hydrogen-bond acceptors (Lipinski definition) is 7. The van der Waals surface area contributed by atoms with E-state index in [-0.39, 0.29) is 28.2 Å². The van der Waals surface area contributed by atoms with E-state index in [0.717, 1.165) is 10.5 Å². The molecular formula is C29H25NO7. The van der Waals surface area contributed by atoms with Crippen molar-refractivity contribution >= 4 is 35.2 Å². The van der Waals surface area contributed by atoms with Gasteiger partial charge in [0.25, 0.3) is 11.8 Å². The van der Waals surface area contributed by atoms with Crippen LogP contribution in [0.1, 0.15) is 77.6 Å². The van der Waals surface area contributed by atoms with Gasteiger partial charge in [0.1, 0.15) is 0 Å². The fraction of sp³-hybridized carbons (Fsp3) is 0.207. The molecule has 0 fully saturated rings. The number of hydrogen-bond donors (Lipinski definition) is 0. The molecule has 0 aromatic heterocycles. The van der Waals surface area contributed by atoms with Crippen LogP contribution in [-0.2, 0) is 9.47 Å². The van der Waals surface area contributed by atoms with Gasteiger partial charge in [-0.25, -0.2) is 14.5 Å². The summed E-state index contributed by atoms with van der Waals surface area (Å²) >= 11 is 0. The molecule has 1 atom stereocenters. The summed E-state index contributed by atoms with van der Waals surface area (Å²) in [6.45, 7) is 5.56. The molecule has 0 N–H and O–H groups in total. The Kier molecular flexibility index (Phi) is 7.29. The van der Waals surface area contributed by atoms with Crippen LogP contribution in [0.15, 0.2) is 66.7 Å². The normalized spacial score (nSPS) is 13.2. The molecule has 3 aromatic carbocycles. The Labute approximate surface area is 213 Å². The molecule has 1 unspecified atom stereocenters. The summed E-state index contributed by atoms with van der Waals surface area (Å²) in [5.41, 5.74) is 2.21. The second-order valence-electron chi connectivity index (χ2n) is 8.67. The molecule has 8 heteroatoms. The summed E-state index contributed by atoms with van der Waals surface area (Å²) in [6.07, 6.45) is -0.351. The van der Waals surface area contributed by atoms with Crippen LogP contribution < -0.4 is 4.90 Å². The molecule has 0 aliphatic carbocycles. The van der Waals surface area contributed by atoms with Crippen LogP contribution in [0.5, 0.6) is 0 Å². The lowest BCUT2D eigenvalue weighted by atomic mass is 10.0. The van der Waals surface area contributed by atoms with Crippen LogP contribution in [0.3, 0.4) is 0 Å². The lowest BCUT2D eigenvalue weighted by Crippen LogP contribution is -2.29. The molecule has 3 aromatic rings. The number of aryl methyl sites for hydroxylation is 1. The molecule has 4 rings (SSSR count). The van der Waals surface area contributed by atoms with Crippen LogP contribution in [0.2, 0.25) is 0 Å². The van der Waals surface area contributed by atoms with Crippen LogP contribution in [0, 0.1) is 6.92 Å². The summed E-state index contributed by atoms with van der Waals surface area (Å²) in [5.74, 6) is -2.80. The van der Waals surface area contributed by atoms with Gasteiger partial charge < -0.3 is 9.47 Å². The van der Waals surface area contributed by atoms with E-state index in [1.165, 1.54) is 49.4 Å². The number of benzene rings is 3. The predicted octanol–water partition coefficient (Wildman–Crippen LogP) is 4.79. The van der Waals surface area contributed by atoms with Crippen molar-refractivity contribution in [3.05, 3.63) is 100 Å². The predicted molar refractivity (Wildman–Crippen MR) is 135 cm³/mol. The molecular weight excluding hydrogens is 474 g/mol. The topological polar surface area (TPSA) is 107 Å². The Hall–Kier alpha value is -4.59. The summed E-state index contributed by atoms with van der Waals surface area (Å²) in [7, 11) is 0. The van der Waals surface area contributed by atoms with Gasteiger partial charge in [-0.15, -0.1) is 0 Å². The number of nitrogens with zero attached hydrogens (tertiary/aromatic N) is 1. The highest BCUT2D eigenvalue weighted by molar-refractivity contribution is 6.34. The van der Waals surface area contributed by atoms with Gasteiger partial charge in [-0.1, -0.05) is 36.8 Å². The maximum Gasteiger partial charge on any atom is 0.338 e. The van der Waals surface area contributed by atoms with E-state index in [1.807, 2.05) is 13.8 Å². The maximum absolute atomic E-state index is 13.1. The first-order valence-corrected chi connectivity index (χ1v) is 11.8. The number of ketones is 1. The minimum Gasteiger partial charge on any atom is -0.462 e. The summed E-state index contributed by atoms with van der Waals surface area (Å²) in [4.78, 5) is 64.4. The molecule has 0 bridgehead atoms. The second-order valence-corrected chi connectivity index (χ2v) is 8.67. The summed E-state index contributed by atoms with van der Waals surface area (Å²) < 4.78 is 10.4. The van der Waals surface area contributed by atoms with Crippen LogP contribution >= 0.6 is 0 Å². The highest BCUT2D eigenvalue weighted by Gasteiger charge is 2.37. The minimum absolute atomic E-state index is 0.0410. The van der Waals surface area contributed by atoms with E-state index in [4.69, 9.17) is 9.47 Å². The highest BCUT2D eigenvalue weighted by Crippen LogP contribution is 2.29. The van der Waals surface area contributed by atoms with E-state index >= 15 is 0 Å². The molecule has 2 amide bonds. The van der Waals surface area contributed by atoms with Crippen LogP contribution in [-0.4, -0.2) is 42.2 Å². The van der Waals surface area contributed by atoms with E-state index in [0.29, 0.717) is 24.2 Å². The largest absolute Gasteiger partial charge is 0.462 e. The zero-order valence-corrected chi connectivity index (χ0v) is 20.6. The van der Waals surface area contributed by atoms with Crippen LogP contribution in [0.4, 0.5) is 5.69 Å². The van der Waals surface area contributed by atoms with Crippen molar-refractivity contribution in [1.29, 1.82) is 0 Å². The molecule has 37 heavy (non-hydrogen) atoms. The number of fused-ring (bicyclic) bond motifs is 1. The van der Waals surface area contributed by atoms with E-state index in [9.17, 15) is 24.0 Å². The van der Waals surface area contributed by atoms with Crippen molar-refractivity contribution in [2.75, 3.05) is 11.5 Å². The molecule has 1 aliphatic heterocycles. The van der Waals surface area contributed by atoms with Crippen molar-refractivity contribution in [3.63, 3.8) is 0 Å². The van der Waals surface area contributed by atoms with Crippen molar-refractivity contribution in [1.82, 2.24) is 0 Å². The highest BCUT2D eigenvalue weighted by atomic mass is 16.5. The molecule has 1 heterocycles. The second kappa shape index (κ2) is 10.6. The third-order valence-corrected chi connectivity index (χ3v) is 5.91. The number of carbonyl (C=O) groups is 5. The SMILES string of the molecule is CCCOC(=O)c1ccc(N2C(=O)c3ccc(C(=O)OC(C)C(=O)c4ccc(C)cc4)cc3C2=O)cc1. The Balaban J connectivity index is 1.49. The van der Waals surface area contributed by atoms with Gasteiger partial charge in [-0.05, 0) is 62.7 Å². The van der Waals surface area contributed by atoms with Crippen molar-refractivity contribution in [2.45, 2.75) is 33.3 Å². The van der Waals surface area contributed by atoms with Gasteiger partial charge in [0.2, 0.25) is 5.78 Å². The van der Waals surface area contributed by atoms with Gasteiger partial charge in [0.15, 0.2) is 6.10 Å².